The molecule has 0 amide bonds. The number of ether oxygens (including phenoxy) is 6. The summed E-state index contributed by atoms with van der Waals surface area (Å²) >= 11 is 0. The van der Waals surface area contributed by atoms with Gasteiger partial charge in [0.2, 0.25) is 0 Å². The molecular weight excluding hydrogens is 356 g/mol. The molecule has 0 aromatic carbocycles. The first-order valence-corrected chi connectivity index (χ1v) is 8.08. The molecule has 2 heterocycles. The number of carbonyl (C=O) groups is 1. The van der Waals surface area contributed by atoms with Gasteiger partial charge in [-0.05, 0) is 6.92 Å². The van der Waals surface area contributed by atoms with E-state index in [0.717, 1.165) is 0 Å². The first-order chi connectivity index (χ1) is 12.3. The highest BCUT2D eigenvalue weighted by Gasteiger charge is 2.52. The Kier molecular flexibility index (Phi) is 7.30. The highest BCUT2D eigenvalue weighted by atomic mass is 16.7. The predicted molar refractivity (Wildman–Crippen MR) is 82.1 cm³/mol. The van der Waals surface area contributed by atoms with Gasteiger partial charge in [-0.2, -0.15) is 0 Å². The van der Waals surface area contributed by atoms with Crippen molar-refractivity contribution in [2.24, 2.45) is 0 Å². The van der Waals surface area contributed by atoms with Crippen molar-refractivity contribution in [2.75, 3.05) is 21.3 Å². The molecule has 0 aliphatic carbocycles. The molecule has 0 spiro atoms. The first-order valence-electron chi connectivity index (χ1n) is 8.08. The van der Waals surface area contributed by atoms with Gasteiger partial charge in [-0.3, -0.25) is 0 Å². The third-order valence-electron chi connectivity index (χ3n) is 4.64. The number of aliphatic hydroxyl groups is 3. The fraction of sp³-hybridized carbons (Fsp3) is 0.933. The quantitative estimate of drug-likeness (QED) is 0.392. The van der Waals surface area contributed by atoms with E-state index in [1.54, 1.807) is 6.92 Å². The molecule has 0 radical (unpaired) electrons. The van der Waals surface area contributed by atoms with Crippen molar-refractivity contribution in [2.45, 2.75) is 68.3 Å². The lowest BCUT2D eigenvalue weighted by Crippen LogP contribution is -2.65. The van der Waals surface area contributed by atoms with Crippen LogP contribution in [0.15, 0.2) is 0 Å². The fourth-order valence-electron chi connectivity index (χ4n) is 3.28. The lowest BCUT2D eigenvalue weighted by atomic mass is 9.96. The third-order valence-corrected chi connectivity index (χ3v) is 4.64. The zero-order valence-corrected chi connectivity index (χ0v) is 14.9. The van der Waals surface area contributed by atoms with Crippen LogP contribution in [0.4, 0.5) is 0 Å². The van der Waals surface area contributed by atoms with E-state index < -0.39 is 67.4 Å². The highest BCUT2D eigenvalue weighted by molar-refractivity contribution is 5.73. The molecule has 10 atom stereocenters. The van der Waals surface area contributed by atoms with Crippen LogP contribution >= 0.6 is 0 Å². The minimum Gasteiger partial charge on any atom is -0.479 e. The molecule has 0 aromatic rings. The third kappa shape index (κ3) is 4.01. The normalized spacial score (nSPS) is 46.9. The van der Waals surface area contributed by atoms with E-state index >= 15 is 0 Å². The Labute approximate surface area is 150 Å². The van der Waals surface area contributed by atoms with Crippen molar-refractivity contribution in [1.82, 2.24) is 0 Å². The molecule has 0 unspecified atom stereocenters. The van der Waals surface area contributed by atoms with E-state index in [9.17, 15) is 25.2 Å². The smallest absolute Gasteiger partial charge is 0.335 e. The molecule has 0 aromatic heterocycles. The van der Waals surface area contributed by atoms with Crippen molar-refractivity contribution in [3.05, 3.63) is 0 Å². The van der Waals surface area contributed by atoms with Crippen LogP contribution in [0, 0.1) is 0 Å². The van der Waals surface area contributed by atoms with Crippen LogP contribution in [0.25, 0.3) is 0 Å². The zero-order chi connectivity index (χ0) is 19.6. The second kappa shape index (κ2) is 8.87. The fourth-order valence-corrected chi connectivity index (χ4v) is 3.28. The van der Waals surface area contributed by atoms with Crippen LogP contribution in [0.2, 0.25) is 0 Å². The second-order valence-corrected chi connectivity index (χ2v) is 6.18. The van der Waals surface area contributed by atoms with Crippen molar-refractivity contribution in [1.29, 1.82) is 0 Å². The van der Waals surface area contributed by atoms with E-state index in [1.165, 1.54) is 21.3 Å². The van der Waals surface area contributed by atoms with Gasteiger partial charge in [0.25, 0.3) is 0 Å². The Bertz CT molecular complexity index is 475. The molecule has 11 heteroatoms. The number of rotatable bonds is 6. The molecule has 2 aliphatic heterocycles. The van der Waals surface area contributed by atoms with E-state index in [0.29, 0.717) is 0 Å². The minimum absolute atomic E-state index is 0.472. The average molecular weight is 382 g/mol. The van der Waals surface area contributed by atoms with Gasteiger partial charge in [0.15, 0.2) is 18.7 Å². The summed E-state index contributed by atoms with van der Waals surface area (Å²) in [5.41, 5.74) is 0. The molecule has 152 valence electrons. The van der Waals surface area contributed by atoms with Gasteiger partial charge < -0.3 is 48.8 Å². The maximum Gasteiger partial charge on any atom is 0.335 e. The van der Waals surface area contributed by atoms with E-state index in [1.807, 2.05) is 0 Å². The molecule has 0 saturated carbocycles. The summed E-state index contributed by atoms with van der Waals surface area (Å²) in [7, 11) is 4.33. The summed E-state index contributed by atoms with van der Waals surface area (Å²) in [6.07, 6.45) is -12.1. The summed E-state index contributed by atoms with van der Waals surface area (Å²) in [6, 6.07) is 0. The number of carboxylic acids is 1. The second-order valence-electron chi connectivity index (χ2n) is 6.18. The maximum absolute atomic E-state index is 11.4. The summed E-state index contributed by atoms with van der Waals surface area (Å²) in [5.74, 6) is -1.48. The van der Waals surface area contributed by atoms with Crippen LogP contribution in [0.1, 0.15) is 6.92 Å². The lowest BCUT2D eigenvalue weighted by Gasteiger charge is -2.46. The molecule has 2 saturated heterocycles. The molecule has 4 N–H and O–H groups in total. The Balaban J connectivity index is 2.24. The minimum atomic E-state index is -1.86. The molecule has 2 rings (SSSR count). The Hall–Kier alpha value is -0.890. The Morgan fingerprint density at radius 2 is 1.42 bits per heavy atom. The SMILES string of the molecule is CO[C@H]1[C@H](OC)[C@H](O[C@H]2[C@H](O)[C@@H](O)[C@@H](O)O[C@@H]2C(=O)O)O[C@@H](C)[C@H]1OC. The van der Waals surface area contributed by atoms with Crippen molar-refractivity contribution in [3.8, 4) is 0 Å². The van der Waals surface area contributed by atoms with Gasteiger partial charge >= 0.3 is 5.97 Å². The average Bonchev–Trinajstić information content (AvgIpc) is 2.60. The topological polar surface area (TPSA) is 153 Å². The van der Waals surface area contributed by atoms with Gasteiger partial charge in [0.05, 0.1) is 6.10 Å². The van der Waals surface area contributed by atoms with Crippen molar-refractivity contribution in [3.63, 3.8) is 0 Å². The van der Waals surface area contributed by atoms with Crippen LogP contribution < -0.4 is 0 Å². The van der Waals surface area contributed by atoms with Crippen molar-refractivity contribution < 1.29 is 53.6 Å². The molecular formula is C15H26O11. The summed E-state index contributed by atoms with van der Waals surface area (Å²) in [6.45, 7) is 1.71. The highest BCUT2D eigenvalue weighted by Crippen LogP contribution is 2.31. The maximum atomic E-state index is 11.4. The van der Waals surface area contributed by atoms with E-state index in [-0.39, 0.29) is 0 Å². The lowest BCUT2D eigenvalue weighted by molar-refractivity contribution is -0.352. The molecule has 11 nitrogen and oxygen atoms in total. The predicted octanol–water partition coefficient (Wildman–Crippen LogP) is -2.31. The number of hydrogen-bond donors (Lipinski definition) is 4. The molecule has 2 fully saturated rings. The van der Waals surface area contributed by atoms with Gasteiger partial charge in [0.1, 0.15) is 36.6 Å². The molecule has 2 aliphatic rings. The summed E-state index contributed by atoms with van der Waals surface area (Å²) in [5, 5.41) is 38.8. The van der Waals surface area contributed by atoms with Gasteiger partial charge in [0, 0.05) is 21.3 Å². The summed E-state index contributed by atoms with van der Waals surface area (Å²) < 4.78 is 32.3. The number of carboxylic acid groups (broad SMARTS) is 1. The van der Waals surface area contributed by atoms with Crippen LogP contribution in [0.3, 0.4) is 0 Å². The van der Waals surface area contributed by atoms with Gasteiger partial charge in [-0.15, -0.1) is 0 Å². The largest absolute Gasteiger partial charge is 0.479 e. The zero-order valence-electron chi connectivity index (χ0n) is 14.9. The number of aliphatic carboxylic acids is 1. The Morgan fingerprint density at radius 3 is 1.92 bits per heavy atom. The number of methoxy groups -OCH3 is 3. The number of aliphatic hydroxyl groups excluding tert-OH is 3. The van der Waals surface area contributed by atoms with Crippen LogP contribution in [0.5, 0.6) is 0 Å². The first kappa shape index (κ1) is 21.4. The van der Waals surface area contributed by atoms with Crippen LogP contribution in [-0.4, -0.2) is 109 Å². The van der Waals surface area contributed by atoms with Crippen LogP contribution in [-0.2, 0) is 33.2 Å². The molecule has 0 bridgehead atoms. The monoisotopic (exact) mass is 382 g/mol. The standard InChI is InChI=1S/C15H26O11/c1-5-8(21-2)10(22-3)12(23-4)15(24-5)26-9-6(16)7(17)14(20)25-11(9)13(18)19/h5-12,14-17,20H,1-4H3,(H,18,19)/t5-,6+,7+,8+,9-,10+,11-,12-,14-,15-/m0/s1. The van der Waals surface area contributed by atoms with Crippen molar-refractivity contribution >= 4 is 5.97 Å². The van der Waals surface area contributed by atoms with Gasteiger partial charge in [-0.25, -0.2) is 4.79 Å². The van der Waals surface area contributed by atoms with E-state index in [2.05, 4.69) is 0 Å². The Morgan fingerprint density at radius 1 is 0.846 bits per heavy atom. The van der Waals surface area contributed by atoms with E-state index in [4.69, 9.17) is 28.4 Å². The number of hydrogen-bond acceptors (Lipinski definition) is 10. The molecule has 26 heavy (non-hydrogen) atoms. The van der Waals surface area contributed by atoms with Gasteiger partial charge in [-0.1, -0.05) is 0 Å². The summed E-state index contributed by atoms with van der Waals surface area (Å²) in [4.78, 5) is 11.4.